The summed E-state index contributed by atoms with van der Waals surface area (Å²) in [5.41, 5.74) is 2.35. The number of aromatic nitrogens is 1. The van der Waals surface area contributed by atoms with Gasteiger partial charge in [0.15, 0.2) is 0 Å². The highest BCUT2D eigenvalue weighted by Crippen LogP contribution is 2.30. The van der Waals surface area contributed by atoms with E-state index in [1.165, 1.54) is 11.3 Å². The van der Waals surface area contributed by atoms with Crippen molar-refractivity contribution in [3.05, 3.63) is 35.5 Å². The van der Waals surface area contributed by atoms with E-state index in [-0.39, 0.29) is 6.29 Å². The van der Waals surface area contributed by atoms with Gasteiger partial charge in [-0.3, -0.25) is 0 Å². The molecule has 0 amide bonds. The van der Waals surface area contributed by atoms with Gasteiger partial charge in [0.25, 0.3) is 0 Å². The van der Waals surface area contributed by atoms with Gasteiger partial charge < -0.3 is 14.4 Å². The highest BCUT2D eigenvalue weighted by Gasteiger charge is 2.30. The van der Waals surface area contributed by atoms with Gasteiger partial charge in [-0.05, 0) is 31.4 Å². The molecule has 102 valence electrons. The third kappa shape index (κ3) is 2.63. The largest absolute Gasteiger partial charge is 0.459 e. The van der Waals surface area contributed by atoms with Crippen molar-refractivity contribution in [3.63, 3.8) is 0 Å². The quantitative estimate of drug-likeness (QED) is 0.780. The van der Waals surface area contributed by atoms with E-state index in [1.54, 1.807) is 12.5 Å². The van der Waals surface area contributed by atoms with Crippen LogP contribution in [0.25, 0.3) is 0 Å². The topological polar surface area (TPSA) is 34.6 Å². The SMILES string of the molecule is Cc1cc(Cl)ncc1N1CCC(C2OC=CO2)CC1. The number of hydrogen-bond acceptors (Lipinski definition) is 4. The molecule has 0 aromatic carbocycles. The van der Waals surface area contributed by atoms with Crippen LogP contribution < -0.4 is 4.90 Å². The van der Waals surface area contributed by atoms with Crippen LogP contribution in [0.1, 0.15) is 18.4 Å². The Hall–Kier alpha value is -1.42. The van der Waals surface area contributed by atoms with Crippen molar-refractivity contribution >= 4 is 17.3 Å². The van der Waals surface area contributed by atoms with Crippen LogP contribution in [-0.2, 0) is 9.47 Å². The fraction of sp³-hybridized carbons (Fsp3) is 0.500. The number of piperidine rings is 1. The van der Waals surface area contributed by atoms with Gasteiger partial charge in [0.05, 0.1) is 11.9 Å². The van der Waals surface area contributed by atoms with E-state index in [0.29, 0.717) is 11.1 Å². The smallest absolute Gasteiger partial charge is 0.242 e. The van der Waals surface area contributed by atoms with Gasteiger partial charge >= 0.3 is 0 Å². The van der Waals surface area contributed by atoms with Gasteiger partial charge in [-0.15, -0.1) is 0 Å². The summed E-state index contributed by atoms with van der Waals surface area (Å²) in [6.45, 7) is 4.07. The Morgan fingerprint density at radius 3 is 2.58 bits per heavy atom. The van der Waals surface area contributed by atoms with Crippen LogP contribution in [0.15, 0.2) is 24.8 Å². The Kier molecular flexibility index (Phi) is 3.51. The van der Waals surface area contributed by atoms with E-state index in [2.05, 4.69) is 16.8 Å². The number of nitrogens with zero attached hydrogens (tertiary/aromatic N) is 2. The van der Waals surface area contributed by atoms with Crippen LogP contribution in [0.3, 0.4) is 0 Å². The first kappa shape index (κ1) is 12.6. The third-order valence-corrected chi connectivity index (χ3v) is 4.00. The molecule has 0 bridgehead atoms. The number of halogens is 1. The van der Waals surface area contributed by atoms with Crippen LogP contribution in [0.4, 0.5) is 5.69 Å². The Balaban J connectivity index is 1.63. The minimum atomic E-state index is -0.0911. The molecular weight excluding hydrogens is 264 g/mol. The van der Waals surface area contributed by atoms with Crippen LogP contribution in [-0.4, -0.2) is 24.4 Å². The van der Waals surface area contributed by atoms with Gasteiger partial charge in [-0.2, -0.15) is 0 Å². The summed E-state index contributed by atoms with van der Waals surface area (Å²) < 4.78 is 10.8. The van der Waals surface area contributed by atoms with E-state index < -0.39 is 0 Å². The van der Waals surface area contributed by atoms with Crippen molar-refractivity contribution < 1.29 is 9.47 Å². The molecule has 0 unspecified atom stereocenters. The molecule has 19 heavy (non-hydrogen) atoms. The summed E-state index contributed by atoms with van der Waals surface area (Å²) in [6.07, 6.45) is 7.16. The predicted octanol–water partition coefficient (Wildman–Crippen LogP) is 3.10. The molecule has 3 rings (SSSR count). The number of rotatable bonds is 2. The molecule has 0 atom stereocenters. The lowest BCUT2D eigenvalue weighted by Gasteiger charge is -2.35. The highest BCUT2D eigenvalue weighted by atomic mass is 35.5. The van der Waals surface area contributed by atoms with Crippen molar-refractivity contribution in [1.82, 2.24) is 4.98 Å². The second-order valence-electron chi connectivity index (χ2n) is 5.03. The Morgan fingerprint density at radius 1 is 1.26 bits per heavy atom. The first-order chi connectivity index (χ1) is 9.24. The van der Waals surface area contributed by atoms with E-state index in [0.717, 1.165) is 25.9 Å². The number of hydrogen-bond donors (Lipinski definition) is 0. The molecule has 1 fully saturated rings. The molecule has 2 aliphatic heterocycles. The molecule has 0 radical (unpaired) electrons. The van der Waals surface area contributed by atoms with Crippen molar-refractivity contribution in [2.75, 3.05) is 18.0 Å². The Labute approximate surface area is 118 Å². The molecule has 2 aliphatic rings. The first-order valence-corrected chi connectivity index (χ1v) is 6.95. The summed E-state index contributed by atoms with van der Waals surface area (Å²) >= 11 is 5.90. The summed E-state index contributed by atoms with van der Waals surface area (Å²) in [7, 11) is 0. The Morgan fingerprint density at radius 2 is 1.95 bits per heavy atom. The zero-order valence-corrected chi connectivity index (χ0v) is 11.6. The molecule has 1 aromatic rings. The predicted molar refractivity (Wildman–Crippen MR) is 74.0 cm³/mol. The highest BCUT2D eigenvalue weighted by molar-refractivity contribution is 6.29. The maximum Gasteiger partial charge on any atom is 0.242 e. The summed E-state index contributed by atoms with van der Waals surface area (Å²) in [5.74, 6) is 0.465. The van der Waals surface area contributed by atoms with Gasteiger partial charge in [0, 0.05) is 19.0 Å². The average Bonchev–Trinajstić information content (AvgIpc) is 2.93. The lowest BCUT2D eigenvalue weighted by atomic mass is 9.95. The number of anilines is 1. The molecule has 1 aromatic heterocycles. The van der Waals surface area contributed by atoms with Crippen molar-refractivity contribution in [2.24, 2.45) is 5.92 Å². The standard InChI is InChI=1S/C14H17ClN2O2/c1-10-8-13(15)16-9-12(10)17-4-2-11(3-5-17)14-18-6-7-19-14/h6-9,11,14H,2-5H2,1H3. The molecular formula is C14H17ClN2O2. The normalized spacial score (nSPS) is 20.4. The van der Waals surface area contributed by atoms with Crippen molar-refractivity contribution in [1.29, 1.82) is 0 Å². The van der Waals surface area contributed by atoms with E-state index >= 15 is 0 Å². The monoisotopic (exact) mass is 280 g/mol. The number of aryl methyl sites for hydroxylation is 1. The number of ether oxygens (including phenoxy) is 2. The van der Waals surface area contributed by atoms with Crippen molar-refractivity contribution in [3.8, 4) is 0 Å². The average molecular weight is 281 g/mol. The minimum Gasteiger partial charge on any atom is -0.459 e. The molecule has 3 heterocycles. The summed E-state index contributed by atoms with van der Waals surface area (Å²) in [4.78, 5) is 6.53. The van der Waals surface area contributed by atoms with E-state index in [9.17, 15) is 0 Å². The summed E-state index contributed by atoms with van der Waals surface area (Å²) in [6, 6.07) is 1.91. The molecule has 0 N–H and O–H groups in total. The van der Waals surface area contributed by atoms with Gasteiger partial charge in [-0.1, -0.05) is 11.6 Å². The zero-order chi connectivity index (χ0) is 13.2. The van der Waals surface area contributed by atoms with Crippen LogP contribution in [0, 0.1) is 12.8 Å². The molecule has 4 nitrogen and oxygen atoms in total. The molecule has 0 aliphatic carbocycles. The fourth-order valence-corrected chi connectivity index (χ4v) is 2.94. The van der Waals surface area contributed by atoms with Gasteiger partial charge in [0.2, 0.25) is 6.29 Å². The van der Waals surface area contributed by atoms with Gasteiger partial charge in [-0.25, -0.2) is 4.98 Å². The van der Waals surface area contributed by atoms with Gasteiger partial charge in [0.1, 0.15) is 17.7 Å². The zero-order valence-electron chi connectivity index (χ0n) is 10.9. The lowest BCUT2D eigenvalue weighted by Crippen LogP contribution is -2.38. The van der Waals surface area contributed by atoms with Crippen molar-refractivity contribution in [2.45, 2.75) is 26.1 Å². The summed E-state index contributed by atoms with van der Waals surface area (Å²) in [5, 5.41) is 0.551. The van der Waals surface area contributed by atoms with E-state index in [1.807, 2.05) is 12.3 Å². The van der Waals surface area contributed by atoms with Crippen LogP contribution in [0.5, 0.6) is 0 Å². The Bertz CT molecular complexity index is 476. The number of pyridine rings is 1. The third-order valence-electron chi connectivity index (χ3n) is 3.80. The lowest BCUT2D eigenvalue weighted by molar-refractivity contribution is -0.0728. The minimum absolute atomic E-state index is 0.0911. The van der Waals surface area contributed by atoms with E-state index in [4.69, 9.17) is 21.1 Å². The molecule has 1 saturated heterocycles. The van der Waals surface area contributed by atoms with Crippen LogP contribution in [0.2, 0.25) is 5.15 Å². The second-order valence-corrected chi connectivity index (χ2v) is 5.42. The molecule has 5 heteroatoms. The second kappa shape index (κ2) is 5.29. The molecule has 0 spiro atoms. The van der Waals surface area contributed by atoms with Crippen LogP contribution >= 0.6 is 11.6 Å². The first-order valence-electron chi connectivity index (χ1n) is 6.57. The maximum atomic E-state index is 5.90. The fourth-order valence-electron chi connectivity index (χ4n) is 2.73. The molecule has 0 saturated carbocycles. The maximum absolute atomic E-state index is 5.90.